The Labute approximate surface area is 135 Å². The Balaban J connectivity index is 3.57. The fourth-order valence-corrected chi connectivity index (χ4v) is 1.48. The Morgan fingerprint density at radius 1 is 0.773 bits per heavy atom. The summed E-state index contributed by atoms with van der Waals surface area (Å²) in [5.41, 5.74) is 0. The second-order valence-corrected chi connectivity index (χ2v) is 4.69. The molecule has 0 bridgehead atoms. The number of carbonyl (C=O) groups is 1. The molecule has 0 saturated carbocycles. The molecule has 2 nitrogen and oxygen atoms in total. The monoisotopic (exact) mass is 296 g/mol. The van der Waals surface area contributed by atoms with Crippen molar-refractivity contribution in [1.82, 2.24) is 0 Å². The molecule has 0 aliphatic carbocycles. The van der Waals surface area contributed by atoms with Crippen molar-refractivity contribution >= 4 is 5.97 Å². The largest absolute Gasteiger partial charge is 0.481 e. The SMILES string of the molecule is CCCCCC#CCC#CCCC#CC#CCCCC(=O)O. The first-order valence-electron chi connectivity index (χ1n) is 7.86. The van der Waals surface area contributed by atoms with E-state index in [1.54, 1.807) is 0 Å². The molecule has 0 amide bonds. The van der Waals surface area contributed by atoms with Gasteiger partial charge in [-0.2, -0.15) is 0 Å². The van der Waals surface area contributed by atoms with Crippen LogP contribution in [0.2, 0.25) is 0 Å². The molecular formula is C20H24O2. The quantitative estimate of drug-likeness (QED) is 0.569. The van der Waals surface area contributed by atoms with Gasteiger partial charge in [0.1, 0.15) is 0 Å². The molecule has 2 heteroatoms. The van der Waals surface area contributed by atoms with Gasteiger partial charge in [-0.05, 0) is 24.7 Å². The van der Waals surface area contributed by atoms with Gasteiger partial charge in [0.15, 0.2) is 0 Å². The van der Waals surface area contributed by atoms with E-state index in [0.717, 1.165) is 12.8 Å². The molecule has 0 aromatic carbocycles. The van der Waals surface area contributed by atoms with Crippen molar-refractivity contribution in [3.63, 3.8) is 0 Å². The highest BCUT2D eigenvalue weighted by Crippen LogP contribution is 1.96. The minimum Gasteiger partial charge on any atom is -0.481 e. The number of rotatable bonds is 7. The third kappa shape index (κ3) is 17.7. The number of carboxylic acids is 1. The molecule has 0 aliphatic rings. The van der Waals surface area contributed by atoms with Crippen LogP contribution in [0.15, 0.2) is 0 Å². The number of hydrogen-bond acceptors (Lipinski definition) is 1. The van der Waals surface area contributed by atoms with Crippen LogP contribution in [0, 0.1) is 47.4 Å². The first-order chi connectivity index (χ1) is 10.8. The van der Waals surface area contributed by atoms with Gasteiger partial charge < -0.3 is 5.11 Å². The standard InChI is InChI=1S/C20H24O2/c1-2-3-4-5-6-7-8-9-10-11-12-13-14-15-16-17-18-19-20(21)22/h2-5,8,11-12,17-19H2,1H3,(H,21,22). The normalized spacial score (nSPS) is 8.05. The van der Waals surface area contributed by atoms with E-state index in [1.165, 1.54) is 19.3 Å². The highest BCUT2D eigenvalue weighted by molar-refractivity contribution is 5.66. The summed E-state index contributed by atoms with van der Waals surface area (Å²) in [6, 6.07) is 0. The molecule has 0 rings (SSSR count). The highest BCUT2D eigenvalue weighted by Gasteiger charge is 1.92. The Morgan fingerprint density at radius 2 is 1.36 bits per heavy atom. The van der Waals surface area contributed by atoms with Gasteiger partial charge in [0, 0.05) is 32.1 Å². The second-order valence-electron chi connectivity index (χ2n) is 4.69. The van der Waals surface area contributed by atoms with Gasteiger partial charge in [-0.3, -0.25) is 4.79 Å². The summed E-state index contributed by atoms with van der Waals surface area (Å²) in [6.45, 7) is 2.19. The van der Waals surface area contributed by atoms with Crippen molar-refractivity contribution in [2.75, 3.05) is 0 Å². The topological polar surface area (TPSA) is 37.3 Å². The van der Waals surface area contributed by atoms with E-state index < -0.39 is 5.97 Å². The van der Waals surface area contributed by atoms with Gasteiger partial charge in [0.25, 0.3) is 0 Å². The van der Waals surface area contributed by atoms with Crippen LogP contribution in [0.3, 0.4) is 0 Å². The van der Waals surface area contributed by atoms with Crippen LogP contribution >= 0.6 is 0 Å². The van der Waals surface area contributed by atoms with E-state index in [2.05, 4.69) is 54.3 Å². The molecule has 0 heterocycles. The molecule has 0 fully saturated rings. The molecule has 0 saturated heterocycles. The van der Waals surface area contributed by atoms with E-state index in [1.807, 2.05) is 0 Å². The summed E-state index contributed by atoms with van der Waals surface area (Å²) in [6.07, 6.45) is 8.06. The van der Waals surface area contributed by atoms with Gasteiger partial charge in [0.05, 0.1) is 6.42 Å². The molecular weight excluding hydrogens is 272 g/mol. The van der Waals surface area contributed by atoms with E-state index in [-0.39, 0.29) is 6.42 Å². The van der Waals surface area contributed by atoms with E-state index in [4.69, 9.17) is 5.11 Å². The Hall–Kier alpha value is -2.29. The zero-order valence-corrected chi connectivity index (χ0v) is 13.4. The average molecular weight is 296 g/mol. The smallest absolute Gasteiger partial charge is 0.303 e. The molecule has 0 atom stereocenters. The van der Waals surface area contributed by atoms with Crippen molar-refractivity contribution < 1.29 is 9.90 Å². The first-order valence-corrected chi connectivity index (χ1v) is 7.86. The summed E-state index contributed by atoms with van der Waals surface area (Å²) in [4.78, 5) is 10.3. The van der Waals surface area contributed by atoms with Gasteiger partial charge in [-0.1, -0.05) is 43.4 Å². The molecule has 1 N–H and O–H groups in total. The summed E-state index contributed by atoms with van der Waals surface area (Å²) in [5.74, 6) is 22.7. The van der Waals surface area contributed by atoms with Crippen molar-refractivity contribution in [2.45, 2.75) is 71.1 Å². The maximum atomic E-state index is 10.3. The minimum absolute atomic E-state index is 0.166. The third-order valence-corrected chi connectivity index (χ3v) is 2.64. The number of carboxylic acid groups (broad SMARTS) is 1. The van der Waals surface area contributed by atoms with Crippen LogP contribution in [0.5, 0.6) is 0 Å². The van der Waals surface area contributed by atoms with Gasteiger partial charge in [-0.15, -0.1) is 11.8 Å². The van der Waals surface area contributed by atoms with E-state index >= 15 is 0 Å². The van der Waals surface area contributed by atoms with Gasteiger partial charge in [-0.25, -0.2) is 0 Å². The lowest BCUT2D eigenvalue weighted by Gasteiger charge is -1.87. The summed E-state index contributed by atoms with van der Waals surface area (Å²) < 4.78 is 0. The van der Waals surface area contributed by atoms with Crippen LogP contribution in [0.4, 0.5) is 0 Å². The lowest BCUT2D eigenvalue weighted by molar-refractivity contribution is -0.137. The molecule has 0 aromatic heterocycles. The maximum Gasteiger partial charge on any atom is 0.303 e. The van der Waals surface area contributed by atoms with Crippen LogP contribution in [0.1, 0.15) is 71.1 Å². The van der Waals surface area contributed by atoms with Crippen molar-refractivity contribution in [3.05, 3.63) is 0 Å². The molecule has 0 aromatic rings. The maximum absolute atomic E-state index is 10.3. The predicted octanol–water partition coefficient (Wildman–Crippen LogP) is 4.01. The Morgan fingerprint density at radius 3 is 2.05 bits per heavy atom. The number of aliphatic carboxylic acids is 1. The first kappa shape index (κ1) is 19.7. The van der Waals surface area contributed by atoms with Crippen molar-refractivity contribution in [2.24, 2.45) is 0 Å². The van der Waals surface area contributed by atoms with Gasteiger partial charge in [0.2, 0.25) is 0 Å². The molecule has 116 valence electrons. The third-order valence-electron chi connectivity index (χ3n) is 2.64. The molecule has 22 heavy (non-hydrogen) atoms. The molecule has 0 unspecified atom stereocenters. The summed E-state index contributed by atoms with van der Waals surface area (Å²) in [5, 5.41) is 8.44. The van der Waals surface area contributed by atoms with E-state index in [0.29, 0.717) is 25.7 Å². The van der Waals surface area contributed by atoms with Gasteiger partial charge >= 0.3 is 5.97 Å². The van der Waals surface area contributed by atoms with Crippen LogP contribution in [0.25, 0.3) is 0 Å². The van der Waals surface area contributed by atoms with Crippen LogP contribution in [-0.2, 0) is 4.79 Å². The van der Waals surface area contributed by atoms with Crippen LogP contribution < -0.4 is 0 Å². The molecule has 0 radical (unpaired) electrons. The van der Waals surface area contributed by atoms with Crippen molar-refractivity contribution in [3.8, 4) is 47.4 Å². The zero-order valence-electron chi connectivity index (χ0n) is 13.4. The highest BCUT2D eigenvalue weighted by atomic mass is 16.4. The fraction of sp³-hybridized carbons (Fsp3) is 0.550. The minimum atomic E-state index is -0.780. The lowest BCUT2D eigenvalue weighted by atomic mass is 10.2. The predicted molar refractivity (Wildman–Crippen MR) is 90.6 cm³/mol. The average Bonchev–Trinajstić information content (AvgIpc) is 2.50. The van der Waals surface area contributed by atoms with Crippen molar-refractivity contribution in [1.29, 1.82) is 0 Å². The number of hydrogen-bond donors (Lipinski definition) is 1. The number of unbranched alkanes of at least 4 members (excludes halogenated alkanes) is 5. The summed E-state index contributed by atoms with van der Waals surface area (Å²) in [7, 11) is 0. The molecule has 0 aliphatic heterocycles. The van der Waals surface area contributed by atoms with Crippen LogP contribution in [-0.4, -0.2) is 11.1 Å². The zero-order chi connectivity index (χ0) is 16.3. The fourth-order valence-electron chi connectivity index (χ4n) is 1.48. The second kappa shape index (κ2) is 16.8. The van der Waals surface area contributed by atoms with E-state index in [9.17, 15) is 4.79 Å². The lowest BCUT2D eigenvalue weighted by Crippen LogP contribution is -1.92. The molecule has 0 spiro atoms. The Kier molecular flexibility index (Phi) is 15.0. The Bertz CT molecular complexity index is 541. The summed E-state index contributed by atoms with van der Waals surface area (Å²) >= 11 is 0.